The largest absolute Gasteiger partial charge is 0.328 e. The van der Waals surface area contributed by atoms with Crippen molar-refractivity contribution in [2.24, 2.45) is 0 Å². The van der Waals surface area contributed by atoms with E-state index in [1.807, 2.05) is 0 Å². The van der Waals surface area contributed by atoms with E-state index >= 15 is 0 Å². The number of rotatable bonds is 5. The van der Waals surface area contributed by atoms with Crippen LogP contribution in [0.1, 0.15) is 6.92 Å². The smallest absolute Gasteiger partial charge is 0.211 e. The van der Waals surface area contributed by atoms with Gasteiger partial charge in [-0.3, -0.25) is 9.59 Å². The van der Waals surface area contributed by atoms with Crippen molar-refractivity contribution in [1.82, 2.24) is 5.32 Å². The molecule has 0 unspecified atom stereocenters. The van der Waals surface area contributed by atoms with Crippen molar-refractivity contribution in [1.29, 1.82) is 0 Å². The number of hydrogen-bond donors (Lipinski definition) is 1. The van der Waals surface area contributed by atoms with E-state index in [-0.39, 0.29) is 5.78 Å². The molecule has 0 bridgehead atoms. The van der Waals surface area contributed by atoms with E-state index in [0.717, 1.165) is 0 Å². The highest BCUT2D eigenvalue weighted by atomic mass is 16.1. The second kappa shape index (κ2) is 5.07. The maximum atomic E-state index is 10.9. The summed E-state index contributed by atoms with van der Waals surface area (Å²) in [5, 5.41) is 2.35. The molecule has 64 valence electrons. The molecule has 0 rings (SSSR count). The minimum absolute atomic E-state index is 0.158. The quantitative estimate of drug-likeness (QED) is 0.374. The highest BCUT2D eigenvalue weighted by molar-refractivity contribution is 5.97. The molecule has 0 fully saturated rings. The Morgan fingerprint density at radius 3 is 2.17 bits per heavy atom. The molecular weight excluding hydrogens is 154 g/mol. The Labute approximate surface area is 71.5 Å². The zero-order valence-electron chi connectivity index (χ0n) is 6.96. The molecule has 0 saturated heterocycles. The molecule has 0 saturated carbocycles. The van der Waals surface area contributed by atoms with Crippen molar-refractivity contribution < 1.29 is 9.59 Å². The minimum Gasteiger partial charge on any atom is -0.328 e. The van der Waals surface area contributed by atoms with Crippen LogP contribution in [-0.2, 0) is 9.59 Å². The molecule has 0 heterocycles. The van der Waals surface area contributed by atoms with Gasteiger partial charge in [0.15, 0.2) is 5.78 Å². The Balaban J connectivity index is 4.98. The van der Waals surface area contributed by atoms with Crippen molar-refractivity contribution >= 4 is 12.2 Å². The molecule has 0 aliphatic carbocycles. The van der Waals surface area contributed by atoms with Gasteiger partial charge in [-0.05, 0) is 13.0 Å². The van der Waals surface area contributed by atoms with Crippen LogP contribution in [0.4, 0.5) is 0 Å². The summed E-state index contributed by atoms with van der Waals surface area (Å²) in [5.74, 6) is -0.158. The number of nitrogens with one attached hydrogen (secondary N) is 1. The zero-order chi connectivity index (χ0) is 9.56. The van der Waals surface area contributed by atoms with Gasteiger partial charge in [0.1, 0.15) is 0 Å². The van der Waals surface area contributed by atoms with Gasteiger partial charge in [0.2, 0.25) is 6.41 Å². The van der Waals surface area contributed by atoms with Crippen molar-refractivity contribution in [3.8, 4) is 0 Å². The number of carbonyl (C=O) groups excluding carboxylic acids is 2. The van der Waals surface area contributed by atoms with Crippen LogP contribution < -0.4 is 5.32 Å². The molecule has 12 heavy (non-hydrogen) atoms. The van der Waals surface area contributed by atoms with E-state index < -0.39 is 0 Å². The van der Waals surface area contributed by atoms with Crippen molar-refractivity contribution in [2.75, 3.05) is 0 Å². The zero-order valence-corrected chi connectivity index (χ0v) is 6.96. The summed E-state index contributed by atoms with van der Waals surface area (Å²) >= 11 is 0. The van der Waals surface area contributed by atoms with E-state index in [1.54, 1.807) is 0 Å². The van der Waals surface area contributed by atoms with Gasteiger partial charge in [0.05, 0.1) is 5.70 Å². The normalized spacial score (nSPS) is 11.1. The molecular formula is C9H11NO2. The van der Waals surface area contributed by atoms with Crippen LogP contribution >= 0.6 is 0 Å². The third-order valence-electron chi connectivity index (χ3n) is 1.29. The lowest BCUT2D eigenvalue weighted by atomic mass is 10.1. The molecule has 0 aliphatic rings. The van der Waals surface area contributed by atoms with Crippen LogP contribution in [0.15, 0.2) is 36.6 Å². The third kappa shape index (κ3) is 2.54. The highest BCUT2D eigenvalue weighted by Gasteiger charge is 2.03. The van der Waals surface area contributed by atoms with Gasteiger partial charge in [-0.2, -0.15) is 0 Å². The number of Topliss-reactive ketones (excluding diaryl/α,β-unsaturated/α-hetero) is 1. The van der Waals surface area contributed by atoms with E-state index in [1.165, 1.54) is 19.1 Å². The van der Waals surface area contributed by atoms with Gasteiger partial charge in [-0.1, -0.05) is 19.2 Å². The summed E-state index contributed by atoms with van der Waals surface area (Å²) < 4.78 is 0. The number of hydrogen-bond acceptors (Lipinski definition) is 2. The van der Waals surface area contributed by atoms with E-state index in [4.69, 9.17) is 0 Å². The summed E-state index contributed by atoms with van der Waals surface area (Å²) in [4.78, 5) is 21.0. The van der Waals surface area contributed by atoms with Crippen molar-refractivity contribution in [3.63, 3.8) is 0 Å². The predicted molar refractivity (Wildman–Crippen MR) is 47.3 cm³/mol. The standard InChI is InChI=1S/C9H11NO2/c1-4-8(7(3)12)9(5-2)10-6-11/h4-6H,1-2H2,3H3,(H,10,11)/b9-8-. The van der Waals surface area contributed by atoms with E-state index in [2.05, 4.69) is 18.5 Å². The number of allylic oxidation sites excluding steroid dienone is 3. The third-order valence-corrected chi connectivity index (χ3v) is 1.29. The predicted octanol–water partition coefficient (Wildman–Crippen LogP) is 0.948. The number of ketones is 1. The lowest BCUT2D eigenvalue weighted by Gasteiger charge is -2.02. The summed E-state index contributed by atoms with van der Waals surface area (Å²) in [5.41, 5.74) is 0.740. The van der Waals surface area contributed by atoms with Gasteiger partial charge in [-0.15, -0.1) is 0 Å². The fourth-order valence-corrected chi connectivity index (χ4v) is 0.753. The molecule has 1 N–H and O–H groups in total. The average Bonchev–Trinajstić information content (AvgIpc) is 2.03. The fourth-order valence-electron chi connectivity index (χ4n) is 0.753. The van der Waals surface area contributed by atoms with Crippen molar-refractivity contribution in [3.05, 3.63) is 36.6 Å². The van der Waals surface area contributed by atoms with Gasteiger partial charge in [0.25, 0.3) is 0 Å². The summed E-state index contributed by atoms with van der Waals surface area (Å²) in [6.07, 6.45) is 3.27. The maximum Gasteiger partial charge on any atom is 0.211 e. The molecule has 1 amide bonds. The lowest BCUT2D eigenvalue weighted by Crippen LogP contribution is -2.13. The molecule has 0 aromatic carbocycles. The summed E-state index contributed by atoms with van der Waals surface area (Å²) in [7, 11) is 0. The molecule has 0 spiro atoms. The highest BCUT2D eigenvalue weighted by Crippen LogP contribution is 2.04. The molecule has 0 radical (unpaired) electrons. The fraction of sp³-hybridized carbons (Fsp3) is 0.111. The summed E-state index contributed by atoms with van der Waals surface area (Å²) in [6, 6.07) is 0. The molecule has 0 aromatic heterocycles. The Morgan fingerprint density at radius 1 is 1.33 bits per heavy atom. The molecule has 3 heteroatoms. The van der Waals surface area contributed by atoms with Crippen LogP contribution in [0.2, 0.25) is 0 Å². The SMILES string of the molecule is C=C/C(NC=O)=C(\C=C)C(C)=O. The van der Waals surface area contributed by atoms with Gasteiger partial charge in [-0.25, -0.2) is 0 Å². The first kappa shape index (κ1) is 10.4. The second-order valence-electron chi connectivity index (χ2n) is 2.05. The van der Waals surface area contributed by atoms with Crippen LogP contribution in [0, 0.1) is 0 Å². The molecule has 0 aliphatic heterocycles. The molecule has 0 atom stereocenters. The van der Waals surface area contributed by atoms with Crippen LogP contribution in [-0.4, -0.2) is 12.2 Å². The minimum atomic E-state index is -0.158. The Kier molecular flexibility index (Phi) is 4.38. The van der Waals surface area contributed by atoms with Gasteiger partial charge >= 0.3 is 0 Å². The molecule has 0 aromatic rings. The van der Waals surface area contributed by atoms with E-state index in [0.29, 0.717) is 17.7 Å². The van der Waals surface area contributed by atoms with Crippen LogP contribution in [0.3, 0.4) is 0 Å². The monoisotopic (exact) mass is 165 g/mol. The molecule has 3 nitrogen and oxygen atoms in total. The first-order chi connectivity index (χ1) is 5.67. The van der Waals surface area contributed by atoms with Crippen LogP contribution in [0.25, 0.3) is 0 Å². The van der Waals surface area contributed by atoms with Gasteiger partial charge in [0, 0.05) is 5.57 Å². The van der Waals surface area contributed by atoms with Gasteiger partial charge < -0.3 is 5.32 Å². The van der Waals surface area contributed by atoms with Crippen molar-refractivity contribution in [2.45, 2.75) is 6.92 Å². The van der Waals surface area contributed by atoms with Crippen LogP contribution in [0.5, 0.6) is 0 Å². The Hall–Kier alpha value is -1.64. The average molecular weight is 165 g/mol. The summed E-state index contributed by atoms with van der Waals surface area (Å²) in [6.45, 7) is 8.30. The first-order valence-electron chi connectivity index (χ1n) is 3.37. The number of amides is 1. The Bertz CT molecular complexity index is 251. The first-order valence-corrected chi connectivity index (χ1v) is 3.37. The lowest BCUT2D eigenvalue weighted by molar-refractivity contribution is -0.113. The van der Waals surface area contributed by atoms with E-state index in [9.17, 15) is 9.59 Å². The maximum absolute atomic E-state index is 10.9. The second-order valence-corrected chi connectivity index (χ2v) is 2.05. The number of carbonyl (C=O) groups is 2. The Morgan fingerprint density at radius 2 is 1.92 bits per heavy atom. The topological polar surface area (TPSA) is 46.2 Å².